The molecule has 1 rings (SSSR count). The maximum Gasteiger partial charge on any atom is 0.315 e. The van der Waals surface area contributed by atoms with Crippen molar-refractivity contribution in [3.8, 4) is 0 Å². The van der Waals surface area contributed by atoms with Gasteiger partial charge in [0.1, 0.15) is 0 Å². The molecule has 3 N–H and O–H groups in total. The summed E-state index contributed by atoms with van der Waals surface area (Å²) in [7, 11) is 0. The summed E-state index contributed by atoms with van der Waals surface area (Å²) < 4.78 is 0. The molecule has 0 aliphatic carbocycles. The molecule has 1 saturated heterocycles. The number of aliphatic carboxylic acids is 1. The highest BCUT2D eigenvalue weighted by Gasteiger charge is 2.17. The Labute approximate surface area is 99.2 Å². The Morgan fingerprint density at radius 2 is 1.76 bits per heavy atom. The zero-order valence-corrected chi connectivity index (χ0v) is 9.57. The fourth-order valence-electron chi connectivity index (χ4n) is 1.58. The van der Waals surface area contributed by atoms with Gasteiger partial charge in [0.05, 0.1) is 13.0 Å². The van der Waals surface area contributed by atoms with Gasteiger partial charge in [-0.1, -0.05) is 0 Å². The lowest BCUT2D eigenvalue weighted by atomic mass is 10.4. The van der Waals surface area contributed by atoms with Gasteiger partial charge >= 0.3 is 12.0 Å². The number of carboxylic acid groups (broad SMARTS) is 1. The molecule has 0 spiro atoms. The number of carboxylic acids is 1. The van der Waals surface area contributed by atoms with Gasteiger partial charge < -0.3 is 20.6 Å². The molecule has 0 aromatic heterocycles. The van der Waals surface area contributed by atoms with E-state index >= 15 is 0 Å². The number of urea groups is 1. The molecule has 1 aliphatic rings. The molecule has 3 amide bonds. The minimum atomic E-state index is -0.974. The van der Waals surface area contributed by atoms with Crippen LogP contribution in [0.2, 0.25) is 0 Å². The summed E-state index contributed by atoms with van der Waals surface area (Å²) in [5.41, 5.74) is 0. The van der Waals surface area contributed by atoms with Crippen LogP contribution in [-0.4, -0.2) is 54.1 Å². The minimum Gasteiger partial charge on any atom is -0.481 e. The van der Waals surface area contributed by atoms with Crippen molar-refractivity contribution in [3.63, 3.8) is 0 Å². The van der Waals surface area contributed by atoms with Crippen LogP contribution in [0, 0.1) is 0 Å². The van der Waals surface area contributed by atoms with Gasteiger partial charge in [0.15, 0.2) is 0 Å². The summed E-state index contributed by atoms with van der Waals surface area (Å²) in [5.74, 6) is -1.07. The highest BCUT2D eigenvalue weighted by molar-refractivity contribution is 5.84. The molecule has 7 nitrogen and oxygen atoms in total. The first-order valence-electron chi connectivity index (χ1n) is 5.61. The molecule has 1 aliphatic heterocycles. The number of rotatable bonds is 5. The Bertz CT molecular complexity index is 300. The average Bonchev–Trinajstić information content (AvgIpc) is 2.78. The second-order valence-corrected chi connectivity index (χ2v) is 3.84. The molecule has 0 atom stereocenters. The summed E-state index contributed by atoms with van der Waals surface area (Å²) in [6, 6.07) is -0.515. The zero-order valence-electron chi connectivity index (χ0n) is 9.57. The number of likely N-dealkylation sites (tertiary alicyclic amines) is 1. The number of nitrogens with one attached hydrogen (secondary N) is 2. The summed E-state index contributed by atoms with van der Waals surface area (Å²) >= 11 is 0. The second-order valence-electron chi connectivity index (χ2n) is 3.84. The number of hydrogen-bond donors (Lipinski definition) is 3. The first kappa shape index (κ1) is 13.3. The van der Waals surface area contributed by atoms with Crippen molar-refractivity contribution in [2.75, 3.05) is 26.2 Å². The third-order valence-corrected chi connectivity index (χ3v) is 2.48. The van der Waals surface area contributed by atoms with E-state index in [0.717, 1.165) is 25.9 Å². The highest BCUT2D eigenvalue weighted by Crippen LogP contribution is 2.06. The zero-order chi connectivity index (χ0) is 12.7. The van der Waals surface area contributed by atoms with Crippen molar-refractivity contribution in [3.05, 3.63) is 0 Å². The fraction of sp³-hybridized carbons (Fsp3) is 0.700. The molecule has 17 heavy (non-hydrogen) atoms. The van der Waals surface area contributed by atoms with Crippen LogP contribution in [0.4, 0.5) is 4.79 Å². The lowest BCUT2D eigenvalue weighted by molar-refractivity contribution is -0.136. The standard InChI is InChI=1S/C10H17N3O4/c14-8(13-5-1-2-6-13)7-12-10(17)11-4-3-9(15)16/h1-7H2,(H,15,16)(H2,11,12,17). The Hall–Kier alpha value is -1.79. The first-order valence-corrected chi connectivity index (χ1v) is 5.61. The van der Waals surface area contributed by atoms with Crippen LogP contribution in [0.5, 0.6) is 0 Å². The Balaban J connectivity index is 2.10. The van der Waals surface area contributed by atoms with Gasteiger partial charge in [-0.15, -0.1) is 0 Å². The van der Waals surface area contributed by atoms with Crippen LogP contribution in [0.25, 0.3) is 0 Å². The SMILES string of the molecule is O=C(O)CCNC(=O)NCC(=O)N1CCCC1. The van der Waals surface area contributed by atoms with Crippen LogP contribution in [0.3, 0.4) is 0 Å². The molecule has 0 aromatic carbocycles. The fourth-order valence-corrected chi connectivity index (χ4v) is 1.58. The van der Waals surface area contributed by atoms with E-state index in [0.29, 0.717) is 0 Å². The quantitative estimate of drug-likeness (QED) is 0.599. The monoisotopic (exact) mass is 243 g/mol. The van der Waals surface area contributed by atoms with E-state index in [1.54, 1.807) is 4.90 Å². The lowest BCUT2D eigenvalue weighted by Gasteiger charge is -2.15. The summed E-state index contributed by atoms with van der Waals surface area (Å²) in [5, 5.41) is 13.1. The van der Waals surface area contributed by atoms with E-state index in [1.807, 2.05) is 0 Å². The van der Waals surface area contributed by atoms with Crippen molar-refractivity contribution in [2.45, 2.75) is 19.3 Å². The molecular weight excluding hydrogens is 226 g/mol. The van der Waals surface area contributed by atoms with Gasteiger partial charge in [0.2, 0.25) is 5.91 Å². The molecule has 1 heterocycles. The maximum atomic E-state index is 11.5. The molecule has 0 aromatic rings. The summed E-state index contributed by atoms with van der Waals surface area (Å²) in [6.07, 6.45) is 1.89. The van der Waals surface area contributed by atoms with Gasteiger partial charge in [-0.2, -0.15) is 0 Å². The molecule has 1 fully saturated rings. The van der Waals surface area contributed by atoms with Crippen LogP contribution >= 0.6 is 0 Å². The Kier molecular flexibility index (Phi) is 5.25. The largest absolute Gasteiger partial charge is 0.481 e. The molecule has 0 radical (unpaired) electrons. The van der Waals surface area contributed by atoms with Crippen molar-refractivity contribution in [2.24, 2.45) is 0 Å². The molecule has 96 valence electrons. The van der Waals surface area contributed by atoms with Gasteiger partial charge in [0.25, 0.3) is 0 Å². The summed E-state index contributed by atoms with van der Waals surface area (Å²) in [6.45, 7) is 1.51. The number of carbonyl (C=O) groups is 3. The van der Waals surface area contributed by atoms with Gasteiger partial charge in [0, 0.05) is 19.6 Å². The van der Waals surface area contributed by atoms with Gasteiger partial charge in [-0.3, -0.25) is 9.59 Å². The van der Waals surface area contributed by atoms with E-state index in [9.17, 15) is 14.4 Å². The van der Waals surface area contributed by atoms with E-state index in [4.69, 9.17) is 5.11 Å². The van der Waals surface area contributed by atoms with E-state index in [1.165, 1.54) is 0 Å². The van der Waals surface area contributed by atoms with Crippen molar-refractivity contribution < 1.29 is 19.5 Å². The predicted octanol–water partition coefficient (Wildman–Crippen LogP) is -0.617. The highest BCUT2D eigenvalue weighted by atomic mass is 16.4. The number of amides is 3. The normalized spacial score (nSPS) is 14.5. The van der Waals surface area contributed by atoms with Crippen LogP contribution < -0.4 is 10.6 Å². The van der Waals surface area contributed by atoms with Crippen LogP contribution in [0.15, 0.2) is 0 Å². The number of carbonyl (C=O) groups excluding carboxylic acids is 2. The number of hydrogen-bond acceptors (Lipinski definition) is 3. The van der Waals surface area contributed by atoms with E-state index in [-0.39, 0.29) is 25.4 Å². The third-order valence-electron chi connectivity index (χ3n) is 2.48. The predicted molar refractivity (Wildman–Crippen MR) is 59.5 cm³/mol. The van der Waals surface area contributed by atoms with E-state index in [2.05, 4.69) is 10.6 Å². The molecule has 7 heteroatoms. The van der Waals surface area contributed by atoms with Gasteiger partial charge in [-0.25, -0.2) is 4.79 Å². The molecule has 0 unspecified atom stereocenters. The van der Waals surface area contributed by atoms with Crippen LogP contribution in [-0.2, 0) is 9.59 Å². The first-order chi connectivity index (χ1) is 8.09. The smallest absolute Gasteiger partial charge is 0.315 e. The maximum absolute atomic E-state index is 11.5. The van der Waals surface area contributed by atoms with Crippen molar-refractivity contribution >= 4 is 17.9 Å². The Morgan fingerprint density at radius 1 is 1.12 bits per heavy atom. The minimum absolute atomic E-state index is 0.0428. The summed E-state index contributed by atoms with van der Waals surface area (Å²) in [4.78, 5) is 34.6. The number of nitrogens with zero attached hydrogens (tertiary/aromatic N) is 1. The average molecular weight is 243 g/mol. The second kappa shape index (κ2) is 6.72. The van der Waals surface area contributed by atoms with Crippen molar-refractivity contribution in [1.82, 2.24) is 15.5 Å². The van der Waals surface area contributed by atoms with Crippen LogP contribution in [0.1, 0.15) is 19.3 Å². The topological polar surface area (TPSA) is 98.7 Å². The molecular formula is C10H17N3O4. The van der Waals surface area contributed by atoms with Crippen molar-refractivity contribution in [1.29, 1.82) is 0 Å². The Morgan fingerprint density at radius 3 is 2.35 bits per heavy atom. The molecule has 0 saturated carbocycles. The van der Waals surface area contributed by atoms with E-state index < -0.39 is 12.0 Å². The van der Waals surface area contributed by atoms with Gasteiger partial charge in [-0.05, 0) is 12.8 Å². The lowest BCUT2D eigenvalue weighted by Crippen LogP contribution is -2.43. The third kappa shape index (κ3) is 5.19. The molecule has 0 bridgehead atoms.